The van der Waals surface area contributed by atoms with Crippen LogP contribution in [0.4, 0.5) is 5.82 Å². The van der Waals surface area contributed by atoms with Gasteiger partial charge < -0.3 is 9.80 Å². The van der Waals surface area contributed by atoms with Crippen LogP contribution in [0.15, 0.2) is 48.2 Å². The number of benzene rings is 1. The number of rotatable bonds is 4. The molecular weight excluding hydrogens is 428 g/mol. The maximum Gasteiger partial charge on any atom is 0.268 e. The number of sulfonamides is 1. The van der Waals surface area contributed by atoms with Gasteiger partial charge in [-0.1, -0.05) is 24.3 Å². The van der Waals surface area contributed by atoms with Gasteiger partial charge in [0.15, 0.2) is 0 Å². The molecule has 32 heavy (non-hydrogen) atoms. The van der Waals surface area contributed by atoms with E-state index in [9.17, 15) is 18.0 Å². The van der Waals surface area contributed by atoms with Gasteiger partial charge in [-0.05, 0) is 49.6 Å². The van der Waals surface area contributed by atoms with E-state index in [4.69, 9.17) is 0 Å². The lowest BCUT2D eigenvalue weighted by molar-refractivity contribution is -0.135. The average Bonchev–Trinajstić information content (AvgIpc) is 2.95. The standard InChI is InChI=1S/C23H26N4O4S/c1-16-7-8-19(14-17(16)2)22-18(3)23(29)27(32(22,30)31)15-21(28)26-12-10-25(11-13-26)20-6-4-5-9-24-20/h4-9,14H,10-13,15H2,1-3H3. The number of carbonyl (C=O) groups is 2. The normalized spacial score (nSPS) is 18.5. The number of hydrogen-bond donors (Lipinski definition) is 0. The van der Waals surface area contributed by atoms with Crippen LogP contribution in [-0.2, 0) is 19.6 Å². The second-order valence-corrected chi connectivity index (χ2v) is 9.92. The van der Waals surface area contributed by atoms with Gasteiger partial charge in [0.05, 0.1) is 0 Å². The lowest BCUT2D eigenvalue weighted by Gasteiger charge is -2.36. The minimum atomic E-state index is -4.10. The summed E-state index contributed by atoms with van der Waals surface area (Å²) in [5, 5.41) is 0. The van der Waals surface area contributed by atoms with Gasteiger partial charge in [-0.25, -0.2) is 17.7 Å². The molecule has 0 radical (unpaired) electrons. The number of carbonyl (C=O) groups excluding carboxylic acids is 2. The Kier molecular flexibility index (Phi) is 5.77. The Morgan fingerprint density at radius 3 is 2.34 bits per heavy atom. The molecule has 0 spiro atoms. The fourth-order valence-electron chi connectivity index (χ4n) is 4.05. The Hall–Kier alpha value is -3.20. The van der Waals surface area contributed by atoms with Crippen molar-refractivity contribution in [3.05, 3.63) is 64.9 Å². The third kappa shape index (κ3) is 3.88. The maximum atomic E-state index is 13.2. The van der Waals surface area contributed by atoms with E-state index in [0.29, 0.717) is 36.0 Å². The first-order valence-corrected chi connectivity index (χ1v) is 11.9. The first kappa shape index (κ1) is 22.0. The number of nitrogens with zero attached hydrogens (tertiary/aromatic N) is 4. The molecule has 3 heterocycles. The van der Waals surface area contributed by atoms with Gasteiger partial charge in [0.2, 0.25) is 5.91 Å². The van der Waals surface area contributed by atoms with Crippen LogP contribution >= 0.6 is 0 Å². The monoisotopic (exact) mass is 454 g/mol. The fourth-order valence-corrected chi connectivity index (χ4v) is 5.81. The molecule has 0 aliphatic carbocycles. The number of aryl methyl sites for hydroxylation is 2. The van der Waals surface area contributed by atoms with Crippen molar-refractivity contribution in [1.29, 1.82) is 0 Å². The largest absolute Gasteiger partial charge is 0.353 e. The van der Waals surface area contributed by atoms with Crippen molar-refractivity contribution in [3.63, 3.8) is 0 Å². The van der Waals surface area contributed by atoms with E-state index in [-0.39, 0.29) is 16.4 Å². The van der Waals surface area contributed by atoms with Crippen LogP contribution in [0.3, 0.4) is 0 Å². The Morgan fingerprint density at radius 1 is 1.00 bits per heavy atom. The van der Waals surface area contributed by atoms with Gasteiger partial charge in [0.1, 0.15) is 17.3 Å². The van der Waals surface area contributed by atoms with E-state index in [1.807, 2.05) is 38.1 Å². The lowest BCUT2D eigenvalue weighted by Crippen LogP contribution is -2.52. The first-order valence-electron chi connectivity index (χ1n) is 10.5. The number of pyridine rings is 1. The highest BCUT2D eigenvalue weighted by Gasteiger charge is 2.43. The van der Waals surface area contributed by atoms with Crippen molar-refractivity contribution in [2.45, 2.75) is 20.8 Å². The van der Waals surface area contributed by atoms with Crippen molar-refractivity contribution in [3.8, 4) is 0 Å². The number of hydrogen-bond acceptors (Lipinski definition) is 6. The first-order chi connectivity index (χ1) is 15.2. The zero-order valence-electron chi connectivity index (χ0n) is 18.4. The van der Waals surface area contributed by atoms with Crippen LogP contribution in [0.2, 0.25) is 0 Å². The summed E-state index contributed by atoms with van der Waals surface area (Å²) in [6.07, 6.45) is 1.72. The molecule has 1 aromatic heterocycles. The third-order valence-corrected chi connectivity index (χ3v) is 8.02. The van der Waals surface area contributed by atoms with Crippen molar-refractivity contribution in [1.82, 2.24) is 14.2 Å². The predicted octanol–water partition coefficient (Wildman–Crippen LogP) is 1.95. The molecule has 0 N–H and O–H groups in total. The summed E-state index contributed by atoms with van der Waals surface area (Å²) in [5.41, 5.74) is 2.58. The second kappa shape index (κ2) is 8.38. The summed E-state index contributed by atoms with van der Waals surface area (Å²) in [7, 11) is -4.10. The van der Waals surface area contributed by atoms with E-state index < -0.39 is 22.5 Å². The predicted molar refractivity (Wildman–Crippen MR) is 122 cm³/mol. The average molecular weight is 455 g/mol. The lowest BCUT2D eigenvalue weighted by atomic mass is 10.0. The van der Waals surface area contributed by atoms with Crippen molar-refractivity contribution in [2.75, 3.05) is 37.6 Å². The van der Waals surface area contributed by atoms with Crippen molar-refractivity contribution < 1.29 is 18.0 Å². The Bertz CT molecular complexity index is 1200. The molecule has 1 fully saturated rings. The Labute approximate surface area is 188 Å². The highest BCUT2D eigenvalue weighted by atomic mass is 32.2. The quantitative estimate of drug-likeness (QED) is 0.701. The molecule has 8 nitrogen and oxygen atoms in total. The summed E-state index contributed by atoms with van der Waals surface area (Å²) in [5.74, 6) is -0.176. The molecular formula is C23H26N4O4S. The molecule has 4 rings (SSSR count). The second-order valence-electron chi connectivity index (χ2n) is 8.13. The summed E-state index contributed by atoms with van der Waals surface area (Å²) >= 11 is 0. The number of amides is 2. The molecule has 2 aliphatic heterocycles. The van der Waals surface area contributed by atoms with Gasteiger partial charge in [0, 0.05) is 37.9 Å². The Balaban J connectivity index is 1.47. The van der Waals surface area contributed by atoms with E-state index in [2.05, 4.69) is 9.88 Å². The topological polar surface area (TPSA) is 90.9 Å². The number of piperazine rings is 1. The fraction of sp³-hybridized carbons (Fsp3) is 0.348. The van der Waals surface area contributed by atoms with Crippen LogP contribution in [0, 0.1) is 13.8 Å². The highest BCUT2D eigenvalue weighted by Crippen LogP contribution is 2.36. The van der Waals surface area contributed by atoms with E-state index >= 15 is 0 Å². The van der Waals surface area contributed by atoms with Crippen LogP contribution in [0.25, 0.3) is 4.91 Å². The molecule has 0 unspecified atom stereocenters. The van der Waals surface area contributed by atoms with Gasteiger partial charge in [-0.15, -0.1) is 0 Å². The number of aromatic nitrogens is 1. The SMILES string of the molecule is CC1=C(c2ccc(C)c(C)c2)S(=O)(=O)N(CC(=O)N2CCN(c3ccccn3)CC2)C1=O. The minimum absolute atomic E-state index is 0.0154. The number of anilines is 1. The molecule has 168 valence electrons. The third-order valence-electron chi connectivity index (χ3n) is 6.09. The summed E-state index contributed by atoms with van der Waals surface area (Å²) in [4.78, 5) is 33.7. The minimum Gasteiger partial charge on any atom is -0.353 e. The molecule has 2 aromatic rings. The van der Waals surface area contributed by atoms with Crippen molar-refractivity contribution >= 4 is 32.6 Å². The van der Waals surface area contributed by atoms with Crippen molar-refractivity contribution in [2.24, 2.45) is 0 Å². The van der Waals surface area contributed by atoms with Crippen LogP contribution < -0.4 is 4.90 Å². The molecule has 9 heteroatoms. The summed E-state index contributed by atoms with van der Waals surface area (Å²) in [6.45, 7) is 6.90. The molecule has 2 amide bonds. The van der Waals surface area contributed by atoms with Crippen LogP contribution in [0.1, 0.15) is 23.6 Å². The van der Waals surface area contributed by atoms with Gasteiger partial charge in [-0.3, -0.25) is 9.59 Å². The van der Waals surface area contributed by atoms with E-state index in [1.54, 1.807) is 23.2 Å². The van der Waals surface area contributed by atoms with Gasteiger partial charge >= 0.3 is 0 Å². The van der Waals surface area contributed by atoms with E-state index in [1.165, 1.54) is 6.92 Å². The van der Waals surface area contributed by atoms with E-state index in [0.717, 1.165) is 16.9 Å². The Morgan fingerprint density at radius 2 is 1.72 bits per heavy atom. The summed E-state index contributed by atoms with van der Waals surface area (Å²) in [6, 6.07) is 11.0. The molecule has 1 aromatic carbocycles. The highest BCUT2D eigenvalue weighted by molar-refractivity contribution is 7.99. The van der Waals surface area contributed by atoms with Crippen LogP contribution in [-0.4, -0.2) is 67.1 Å². The zero-order chi connectivity index (χ0) is 23.0. The molecule has 0 atom stereocenters. The van der Waals surface area contributed by atoms with Gasteiger partial charge in [0.25, 0.3) is 15.9 Å². The molecule has 0 saturated carbocycles. The molecule has 0 bridgehead atoms. The summed E-state index contributed by atoms with van der Waals surface area (Å²) < 4.78 is 27.2. The maximum absolute atomic E-state index is 13.2. The molecule has 2 aliphatic rings. The molecule has 1 saturated heterocycles. The smallest absolute Gasteiger partial charge is 0.268 e. The zero-order valence-corrected chi connectivity index (χ0v) is 19.2. The van der Waals surface area contributed by atoms with Crippen LogP contribution in [0.5, 0.6) is 0 Å². The van der Waals surface area contributed by atoms with Gasteiger partial charge in [-0.2, -0.15) is 0 Å².